The van der Waals surface area contributed by atoms with Gasteiger partial charge >= 0.3 is 0 Å². The molecule has 0 aliphatic carbocycles. The summed E-state index contributed by atoms with van der Waals surface area (Å²) in [7, 11) is 0. The number of amides is 1. The molecule has 0 saturated carbocycles. The van der Waals surface area contributed by atoms with Gasteiger partial charge in [0.05, 0.1) is 11.5 Å². The minimum Gasteiger partial charge on any atom is -0.326 e. The third-order valence-corrected chi connectivity index (χ3v) is 3.08. The van der Waals surface area contributed by atoms with Crippen LogP contribution in [0.3, 0.4) is 0 Å². The molecule has 1 amide bonds. The van der Waals surface area contributed by atoms with Crippen molar-refractivity contribution in [1.29, 1.82) is 5.26 Å². The van der Waals surface area contributed by atoms with Crippen molar-refractivity contribution in [3.63, 3.8) is 0 Å². The zero-order valence-electron chi connectivity index (χ0n) is 10.0. The molecule has 0 bridgehead atoms. The van der Waals surface area contributed by atoms with Gasteiger partial charge in [0.25, 0.3) is 0 Å². The second kappa shape index (κ2) is 5.15. The molecule has 2 rings (SSSR count). The molecule has 1 aliphatic rings. The molecule has 94 valence electrons. The lowest BCUT2D eigenvalue weighted by atomic mass is 10.1. The Kier molecular flexibility index (Phi) is 3.58. The number of nitrogens with zero attached hydrogens (tertiary/aromatic N) is 1. The number of rotatable bonds is 2. The van der Waals surface area contributed by atoms with Crippen molar-refractivity contribution in [2.45, 2.75) is 19.4 Å². The second-order valence-corrected chi connectivity index (χ2v) is 4.54. The topological polar surface area (TPSA) is 64.9 Å². The van der Waals surface area contributed by atoms with Crippen LogP contribution in [0.4, 0.5) is 10.1 Å². The minimum atomic E-state index is -0.577. The molecule has 0 unspecified atom stereocenters. The third kappa shape index (κ3) is 2.66. The van der Waals surface area contributed by atoms with Gasteiger partial charge in [-0.1, -0.05) is 0 Å². The van der Waals surface area contributed by atoms with E-state index in [1.54, 1.807) is 6.07 Å². The fourth-order valence-electron chi connectivity index (χ4n) is 2.07. The van der Waals surface area contributed by atoms with Crippen molar-refractivity contribution in [1.82, 2.24) is 5.32 Å². The summed E-state index contributed by atoms with van der Waals surface area (Å²) in [5.74, 6) is -0.746. The summed E-state index contributed by atoms with van der Waals surface area (Å²) < 4.78 is 13.1. The van der Waals surface area contributed by atoms with E-state index < -0.39 is 5.82 Å². The lowest BCUT2D eigenvalue weighted by Crippen LogP contribution is -2.24. The van der Waals surface area contributed by atoms with Crippen LogP contribution < -0.4 is 10.6 Å². The average Bonchev–Trinajstić information content (AvgIpc) is 2.78. The van der Waals surface area contributed by atoms with Crippen LogP contribution in [-0.4, -0.2) is 18.5 Å². The Morgan fingerprint density at radius 2 is 2.39 bits per heavy atom. The molecule has 1 saturated heterocycles. The number of nitriles is 1. The molecule has 4 nitrogen and oxygen atoms in total. The lowest BCUT2D eigenvalue weighted by molar-refractivity contribution is -0.119. The molecule has 1 heterocycles. The third-order valence-electron chi connectivity index (χ3n) is 3.08. The molecule has 2 atom stereocenters. The van der Waals surface area contributed by atoms with E-state index in [-0.39, 0.29) is 17.4 Å². The van der Waals surface area contributed by atoms with Gasteiger partial charge in [0.1, 0.15) is 11.9 Å². The molecular weight excluding hydrogens is 233 g/mol. The van der Waals surface area contributed by atoms with Crippen molar-refractivity contribution in [3.05, 3.63) is 29.6 Å². The highest BCUT2D eigenvalue weighted by Gasteiger charge is 2.26. The van der Waals surface area contributed by atoms with Crippen LogP contribution in [0.5, 0.6) is 0 Å². The van der Waals surface area contributed by atoms with Gasteiger partial charge in [0, 0.05) is 18.3 Å². The van der Waals surface area contributed by atoms with Gasteiger partial charge in [0.15, 0.2) is 0 Å². The molecule has 1 fully saturated rings. The number of halogens is 1. The summed E-state index contributed by atoms with van der Waals surface area (Å²) >= 11 is 0. The fourth-order valence-corrected chi connectivity index (χ4v) is 2.07. The highest BCUT2D eigenvalue weighted by atomic mass is 19.1. The standard InChI is InChI=1S/C13H14FN3O/c1-8-4-10(7-16-8)13(18)17-11-2-3-12(14)9(5-11)6-15/h2-3,5,8,10,16H,4,7H2,1H3,(H,17,18)/t8-,10-/m0/s1. The van der Waals surface area contributed by atoms with Crippen molar-refractivity contribution >= 4 is 11.6 Å². The molecule has 1 aliphatic heterocycles. The molecule has 2 N–H and O–H groups in total. The average molecular weight is 247 g/mol. The number of carbonyl (C=O) groups excluding carboxylic acids is 1. The summed E-state index contributed by atoms with van der Waals surface area (Å²) in [6, 6.07) is 6.07. The van der Waals surface area contributed by atoms with E-state index in [0.29, 0.717) is 18.3 Å². The highest BCUT2D eigenvalue weighted by Crippen LogP contribution is 2.18. The van der Waals surface area contributed by atoms with E-state index in [9.17, 15) is 9.18 Å². The van der Waals surface area contributed by atoms with Gasteiger partial charge in [0.2, 0.25) is 5.91 Å². The normalized spacial score (nSPS) is 22.5. The van der Waals surface area contributed by atoms with Crippen LogP contribution in [0.15, 0.2) is 18.2 Å². The van der Waals surface area contributed by atoms with Crippen LogP contribution in [0.25, 0.3) is 0 Å². The Hall–Kier alpha value is -1.93. The zero-order chi connectivity index (χ0) is 13.1. The summed E-state index contributed by atoms with van der Waals surface area (Å²) in [6.45, 7) is 2.68. The maximum atomic E-state index is 13.1. The monoisotopic (exact) mass is 247 g/mol. The van der Waals surface area contributed by atoms with E-state index in [0.717, 1.165) is 6.42 Å². The lowest BCUT2D eigenvalue weighted by Gasteiger charge is -2.10. The zero-order valence-corrected chi connectivity index (χ0v) is 10.0. The first kappa shape index (κ1) is 12.5. The van der Waals surface area contributed by atoms with Crippen LogP contribution in [-0.2, 0) is 4.79 Å². The Labute approximate surface area is 105 Å². The van der Waals surface area contributed by atoms with E-state index in [2.05, 4.69) is 10.6 Å². The highest BCUT2D eigenvalue weighted by molar-refractivity contribution is 5.93. The summed E-state index contributed by atoms with van der Waals surface area (Å²) in [4.78, 5) is 11.9. The number of nitrogens with one attached hydrogen (secondary N) is 2. The maximum Gasteiger partial charge on any atom is 0.228 e. The predicted molar refractivity (Wildman–Crippen MR) is 65.3 cm³/mol. The smallest absolute Gasteiger partial charge is 0.228 e. The van der Waals surface area contributed by atoms with Gasteiger partial charge in [-0.2, -0.15) is 5.26 Å². The first-order valence-corrected chi connectivity index (χ1v) is 5.84. The molecule has 5 heteroatoms. The van der Waals surface area contributed by atoms with E-state index in [1.807, 2.05) is 6.92 Å². The molecule has 18 heavy (non-hydrogen) atoms. The van der Waals surface area contributed by atoms with E-state index in [4.69, 9.17) is 5.26 Å². The Bertz CT molecular complexity index is 509. The minimum absolute atomic E-state index is 0.0642. The Balaban J connectivity index is 2.06. The fraction of sp³-hybridized carbons (Fsp3) is 0.385. The van der Waals surface area contributed by atoms with Crippen LogP contribution in [0.1, 0.15) is 18.9 Å². The number of hydrogen-bond acceptors (Lipinski definition) is 3. The van der Waals surface area contributed by atoms with Gasteiger partial charge in [-0.15, -0.1) is 0 Å². The first-order valence-electron chi connectivity index (χ1n) is 5.84. The number of carbonyl (C=O) groups is 1. The van der Waals surface area contributed by atoms with Crippen LogP contribution >= 0.6 is 0 Å². The van der Waals surface area contributed by atoms with Gasteiger partial charge in [-0.25, -0.2) is 4.39 Å². The maximum absolute atomic E-state index is 13.1. The second-order valence-electron chi connectivity index (χ2n) is 4.54. The van der Waals surface area contributed by atoms with E-state index >= 15 is 0 Å². The molecular formula is C13H14FN3O. The quantitative estimate of drug-likeness (QED) is 0.834. The van der Waals surface area contributed by atoms with E-state index in [1.165, 1.54) is 18.2 Å². The number of benzene rings is 1. The summed E-state index contributed by atoms with van der Waals surface area (Å²) in [6.07, 6.45) is 0.790. The first-order chi connectivity index (χ1) is 8.60. The molecule has 1 aromatic carbocycles. The summed E-state index contributed by atoms with van der Waals surface area (Å²) in [5, 5.41) is 14.6. The van der Waals surface area contributed by atoms with Gasteiger partial charge in [-0.05, 0) is 31.5 Å². The molecule has 0 radical (unpaired) electrons. The SMILES string of the molecule is C[C@H]1C[C@H](C(=O)Nc2ccc(F)c(C#N)c2)CN1. The van der Waals surface area contributed by atoms with Crippen molar-refractivity contribution in [2.75, 3.05) is 11.9 Å². The van der Waals surface area contributed by atoms with Crippen LogP contribution in [0.2, 0.25) is 0 Å². The number of hydrogen-bond donors (Lipinski definition) is 2. The Morgan fingerprint density at radius 1 is 1.61 bits per heavy atom. The predicted octanol–water partition coefficient (Wildman–Crippen LogP) is 1.63. The van der Waals surface area contributed by atoms with Crippen molar-refractivity contribution in [2.24, 2.45) is 5.92 Å². The Morgan fingerprint density at radius 3 is 3.00 bits per heavy atom. The summed E-state index contributed by atoms with van der Waals surface area (Å²) in [5.41, 5.74) is 0.392. The van der Waals surface area contributed by atoms with Gasteiger partial charge < -0.3 is 10.6 Å². The van der Waals surface area contributed by atoms with Crippen molar-refractivity contribution < 1.29 is 9.18 Å². The molecule has 0 spiro atoms. The molecule has 0 aromatic heterocycles. The largest absolute Gasteiger partial charge is 0.326 e. The van der Waals surface area contributed by atoms with Gasteiger partial charge in [-0.3, -0.25) is 4.79 Å². The van der Waals surface area contributed by atoms with Crippen molar-refractivity contribution in [3.8, 4) is 6.07 Å². The molecule has 1 aromatic rings. The van der Waals surface area contributed by atoms with Crippen LogP contribution in [0, 0.1) is 23.1 Å². The number of anilines is 1.